The lowest BCUT2D eigenvalue weighted by Gasteiger charge is -1.91. The molecule has 0 spiro atoms. The number of H-pyrrole nitrogens is 1. The van der Waals surface area contributed by atoms with Crippen LogP contribution in [-0.4, -0.2) is 16.5 Å². The van der Waals surface area contributed by atoms with Gasteiger partial charge in [0.15, 0.2) is 0 Å². The molecule has 0 bridgehead atoms. The van der Waals surface area contributed by atoms with Gasteiger partial charge in [-0.3, -0.25) is 0 Å². The second-order valence-corrected chi connectivity index (χ2v) is 3.35. The Bertz CT molecular complexity index is 441. The van der Waals surface area contributed by atoms with E-state index < -0.39 is 0 Å². The maximum absolute atomic E-state index is 5.67. The quantitative estimate of drug-likeness (QED) is 0.739. The number of anilines is 1. The Labute approximate surface area is 107 Å². The molecular weight excluding hydrogens is 247 g/mol. The van der Waals surface area contributed by atoms with Gasteiger partial charge in [0, 0.05) is 12.1 Å². The molecule has 0 aliphatic carbocycles. The van der Waals surface area contributed by atoms with E-state index in [1.807, 2.05) is 18.2 Å². The third kappa shape index (κ3) is 3.27. The molecule has 2 rings (SSSR count). The minimum atomic E-state index is 0. The van der Waals surface area contributed by atoms with Crippen LogP contribution in [0.1, 0.15) is 12.2 Å². The van der Waals surface area contributed by atoms with Gasteiger partial charge in [0.2, 0.25) is 0 Å². The van der Waals surface area contributed by atoms with E-state index in [1.165, 1.54) is 0 Å². The fourth-order valence-electron chi connectivity index (χ4n) is 1.47. The molecule has 0 saturated carbocycles. The molecule has 16 heavy (non-hydrogen) atoms. The number of benzene rings is 1. The van der Waals surface area contributed by atoms with Gasteiger partial charge in [-0.15, -0.1) is 24.8 Å². The molecule has 5 N–H and O–H groups in total. The molecule has 90 valence electrons. The van der Waals surface area contributed by atoms with Crippen LogP contribution in [0.5, 0.6) is 0 Å². The van der Waals surface area contributed by atoms with E-state index in [0.717, 1.165) is 35.4 Å². The molecular formula is C10H16Cl2N4. The summed E-state index contributed by atoms with van der Waals surface area (Å²) in [5, 5.41) is 0. The molecule has 6 heteroatoms. The number of hydrogen-bond donors (Lipinski definition) is 3. The predicted octanol–water partition coefficient (Wildman–Crippen LogP) is 1.88. The summed E-state index contributed by atoms with van der Waals surface area (Å²) in [6.07, 6.45) is 1.85. The average Bonchev–Trinajstić information content (AvgIpc) is 2.56. The molecule has 1 aromatic carbocycles. The molecule has 0 aliphatic heterocycles. The maximum atomic E-state index is 5.67. The minimum Gasteiger partial charge on any atom is -0.399 e. The Kier molecular flexibility index (Phi) is 6.18. The van der Waals surface area contributed by atoms with E-state index in [-0.39, 0.29) is 24.8 Å². The van der Waals surface area contributed by atoms with Crippen LogP contribution >= 0.6 is 24.8 Å². The van der Waals surface area contributed by atoms with Crippen molar-refractivity contribution in [1.82, 2.24) is 9.97 Å². The topological polar surface area (TPSA) is 80.7 Å². The van der Waals surface area contributed by atoms with Crippen molar-refractivity contribution in [2.75, 3.05) is 12.3 Å². The van der Waals surface area contributed by atoms with Crippen molar-refractivity contribution in [2.45, 2.75) is 12.8 Å². The van der Waals surface area contributed by atoms with Gasteiger partial charge in [0.05, 0.1) is 11.0 Å². The lowest BCUT2D eigenvalue weighted by Crippen LogP contribution is -2.01. The smallest absolute Gasteiger partial charge is 0.107 e. The monoisotopic (exact) mass is 262 g/mol. The first-order valence-electron chi connectivity index (χ1n) is 4.74. The van der Waals surface area contributed by atoms with E-state index in [9.17, 15) is 0 Å². The highest BCUT2D eigenvalue weighted by Gasteiger charge is 2.01. The number of aromatic amines is 1. The summed E-state index contributed by atoms with van der Waals surface area (Å²) in [5.41, 5.74) is 13.8. The number of nitrogens with one attached hydrogen (secondary N) is 1. The summed E-state index contributed by atoms with van der Waals surface area (Å²) >= 11 is 0. The number of nitrogens with two attached hydrogens (primary N) is 2. The van der Waals surface area contributed by atoms with Crippen LogP contribution < -0.4 is 11.5 Å². The van der Waals surface area contributed by atoms with Crippen molar-refractivity contribution in [2.24, 2.45) is 5.73 Å². The van der Waals surface area contributed by atoms with Crippen LogP contribution in [0.25, 0.3) is 11.0 Å². The van der Waals surface area contributed by atoms with Crippen molar-refractivity contribution < 1.29 is 0 Å². The highest BCUT2D eigenvalue weighted by atomic mass is 35.5. The van der Waals surface area contributed by atoms with E-state index in [4.69, 9.17) is 11.5 Å². The number of aromatic nitrogens is 2. The van der Waals surface area contributed by atoms with Crippen molar-refractivity contribution >= 4 is 41.5 Å². The summed E-state index contributed by atoms with van der Waals surface area (Å²) in [6, 6.07) is 5.68. The van der Waals surface area contributed by atoms with Crippen LogP contribution in [0.15, 0.2) is 18.2 Å². The summed E-state index contributed by atoms with van der Waals surface area (Å²) in [4.78, 5) is 7.65. The Balaban J connectivity index is 0.00000112. The number of hydrogen-bond acceptors (Lipinski definition) is 3. The van der Waals surface area contributed by atoms with Crippen molar-refractivity contribution in [1.29, 1.82) is 0 Å². The summed E-state index contributed by atoms with van der Waals surface area (Å²) in [5.74, 6) is 0.982. The Morgan fingerprint density at radius 3 is 2.69 bits per heavy atom. The largest absolute Gasteiger partial charge is 0.399 e. The second-order valence-electron chi connectivity index (χ2n) is 3.35. The van der Waals surface area contributed by atoms with E-state index in [1.54, 1.807) is 0 Å². The molecule has 2 aromatic rings. The molecule has 4 nitrogen and oxygen atoms in total. The van der Waals surface area contributed by atoms with Crippen LogP contribution in [0.3, 0.4) is 0 Å². The first-order chi connectivity index (χ1) is 6.79. The fraction of sp³-hybridized carbons (Fsp3) is 0.300. The SMILES string of the molecule is Cl.Cl.NCCCc1nc2ccc(N)cc2[nH]1. The van der Waals surface area contributed by atoms with E-state index >= 15 is 0 Å². The zero-order chi connectivity index (χ0) is 9.97. The Morgan fingerprint density at radius 2 is 2.00 bits per heavy atom. The zero-order valence-electron chi connectivity index (χ0n) is 8.77. The molecule has 0 fully saturated rings. The Morgan fingerprint density at radius 1 is 1.25 bits per heavy atom. The van der Waals surface area contributed by atoms with Crippen molar-refractivity contribution in [3.8, 4) is 0 Å². The van der Waals surface area contributed by atoms with Gasteiger partial charge in [-0.05, 0) is 31.2 Å². The first kappa shape index (κ1) is 15.0. The normalized spacial score (nSPS) is 9.56. The molecule has 0 atom stereocenters. The summed E-state index contributed by atoms with van der Waals surface area (Å²) in [7, 11) is 0. The zero-order valence-corrected chi connectivity index (χ0v) is 10.4. The number of aryl methyl sites for hydroxylation is 1. The lowest BCUT2D eigenvalue weighted by atomic mass is 10.3. The highest BCUT2D eigenvalue weighted by Crippen LogP contribution is 2.15. The number of nitrogens with zero attached hydrogens (tertiary/aromatic N) is 1. The van der Waals surface area contributed by atoms with Gasteiger partial charge < -0.3 is 16.5 Å². The van der Waals surface area contributed by atoms with E-state index in [2.05, 4.69) is 9.97 Å². The van der Waals surface area contributed by atoms with Crippen molar-refractivity contribution in [3.05, 3.63) is 24.0 Å². The van der Waals surface area contributed by atoms with Crippen LogP contribution in [0.2, 0.25) is 0 Å². The van der Waals surface area contributed by atoms with Gasteiger partial charge in [-0.2, -0.15) is 0 Å². The Hall–Kier alpha value is -0.970. The number of nitrogen functional groups attached to an aromatic ring is 1. The minimum absolute atomic E-state index is 0. The van der Waals surface area contributed by atoms with Gasteiger partial charge in [0.25, 0.3) is 0 Å². The standard InChI is InChI=1S/C10H14N4.2ClH/c11-5-1-2-10-13-8-4-3-7(12)6-9(8)14-10;;/h3-4,6H,1-2,5,11-12H2,(H,13,14);2*1H. The number of fused-ring (bicyclic) bond motifs is 1. The fourth-order valence-corrected chi connectivity index (χ4v) is 1.47. The van der Waals surface area contributed by atoms with Gasteiger partial charge >= 0.3 is 0 Å². The van der Waals surface area contributed by atoms with Crippen LogP contribution in [0, 0.1) is 0 Å². The summed E-state index contributed by atoms with van der Waals surface area (Å²) in [6.45, 7) is 0.694. The molecule has 0 saturated heterocycles. The van der Waals surface area contributed by atoms with Crippen LogP contribution in [0.4, 0.5) is 5.69 Å². The molecule has 0 amide bonds. The third-order valence-electron chi connectivity index (χ3n) is 2.17. The molecule has 0 unspecified atom stereocenters. The number of rotatable bonds is 3. The first-order valence-corrected chi connectivity index (χ1v) is 4.74. The molecule has 1 aromatic heterocycles. The average molecular weight is 263 g/mol. The molecule has 0 radical (unpaired) electrons. The number of imidazole rings is 1. The third-order valence-corrected chi connectivity index (χ3v) is 2.17. The lowest BCUT2D eigenvalue weighted by molar-refractivity contribution is 0.796. The van der Waals surface area contributed by atoms with Gasteiger partial charge in [0.1, 0.15) is 5.82 Å². The predicted molar refractivity (Wildman–Crippen MR) is 72.4 cm³/mol. The maximum Gasteiger partial charge on any atom is 0.107 e. The summed E-state index contributed by atoms with van der Waals surface area (Å²) < 4.78 is 0. The van der Waals surface area contributed by atoms with Gasteiger partial charge in [-0.1, -0.05) is 0 Å². The highest BCUT2D eigenvalue weighted by molar-refractivity contribution is 5.85. The van der Waals surface area contributed by atoms with Gasteiger partial charge in [-0.25, -0.2) is 4.98 Å². The molecule has 0 aliphatic rings. The second kappa shape index (κ2) is 6.58. The number of halogens is 2. The van der Waals surface area contributed by atoms with Crippen molar-refractivity contribution in [3.63, 3.8) is 0 Å². The van der Waals surface area contributed by atoms with E-state index in [0.29, 0.717) is 6.54 Å². The molecule has 1 heterocycles. The van der Waals surface area contributed by atoms with Crippen LogP contribution in [-0.2, 0) is 6.42 Å².